The van der Waals surface area contributed by atoms with Crippen molar-refractivity contribution >= 4 is 11.8 Å². The Morgan fingerprint density at radius 1 is 1.36 bits per heavy atom. The van der Waals surface area contributed by atoms with Gasteiger partial charge in [-0.05, 0) is 18.6 Å². The highest BCUT2D eigenvalue weighted by molar-refractivity contribution is 7.99. The van der Waals surface area contributed by atoms with Crippen LogP contribution in [0, 0.1) is 0 Å². The fourth-order valence-corrected chi connectivity index (χ4v) is 2.04. The van der Waals surface area contributed by atoms with Gasteiger partial charge in [-0.2, -0.15) is 0 Å². The highest BCUT2D eigenvalue weighted by atomic mass is 32.2. The van der Waals surface area contributed by atoms with Crippen molar-refractivity contribution in [2.24, 2.45) is 5.73 Å². The van der Waals surface area contributed by atoms with Crippen LogP contribution < -0.4 is 5.73 Å². The number of hydrogen-bond donors (Lipinski definition) is 1. The molecule has 14 heavy (non-hydrogen) atoms. The number of nitrogens with two attached hydrogens (primary N) is 1. The summed E-state index contributed by atoms with van der Waals surface area (Å²) in [5.74, 6) is -0.177. The molecule has 1 rings (SSSR count). The molecule has 0 aliphatic heterocycles. The Morgan fingerprint density at radius 3 is 2.57 bits per heavy atom. The monoisotopic (exact) mass is 217 g/mol. The van der Waals surface area contributed by atoms with Gasteiger partial charge in [-0.1, -0.05) is 18.2 Å². The molecule has 1 nitrogen and oxygen atoms in total. The Hall–Kier alpha value is -0.610. The molecule has 0 heterocycles. The molecule has 1 aromatic rings. The van der Waals surface area contributed by atoms with Gasteiger partial charge in [0.2, 0.25) is 6.43 Å². The van der Waals surface area contributed by atoms with Gasteiger partial charge in [-0.25, -0.2) is 8.78 Å². The van der Waals surface area contributed by atoms with Gasteiger partial charge < -0.3 is 5.73 Å². The normalized spacial score (nSPS) is 13.2. The predicted molar refractivity (Wildman–Crippen MR) is 55.8 cm³/mol. The van der Waals surface area contributed by atoms with Crippen molar-refractivity contribution in [3.8, 4) is 0 Å². The molecule has 0 aliphatic carbocycles. The van der Waals surface area contributed by atoms with Gasteiger partial charge in [-0.3, -0.25) is 0 Å². The smallest absolute Gasteiger partial charge is 0.247 e. The van der Waals surface area contributed by atoms with E-state index in [1.807, 2.05) is 31.2 Å². The van der Waals surface area contributed by atoms with Crippen LogP contribution in [0.4, 0.5) is 8.78 Å². The van der Waals surface area contributed by atoms with E-state index in [4.69, 9.17) is 5.73 Å². The van der Waals surface area contributed by atoms with Crippen LogP contribution in [-0.4, -0.2) is 12.2 Å². The number of alkyl halides is 2. The number of rotatable bonds is 4. The molecule has 0 saturated carbocycles. The SMILES string of the molecule is CC(N)c1ccccc1SCC(F)F. The van der Waals surface area contributed by atoms with Crippen LogP contribution in [0.2, 0.25) is 0 Å². The number of thioether (sulfide) groups is 1. The topological polar surface area (TPSA) is 26.0 Å². The van der Waals surface area contributed by atoms with E-state index in [1.54, 1.807) is 0 Å². The highest BCUT2D eigenvalue weighted by Gasteiger charge is 2.09. The van der Waals surface area contributed by atoms with Gasteiger partial charge in [0, 0.05) is 10.9 Å². The molecule has 2 N–H and O–H groups in total. The molecule has 0 saturated heterocycles. The Morgan fingerprint density at radius 2 is 2.00 bits per heavy atom. The lowest BCUT2D eigenvalue weighted by atomic mass is 10.1. The zero-order valence-electron chi connectivity index (χ0n) is 7.91. The van der Waals surface area contributed by atoms with Crippen LogP contribution in [0.15, 0.2) is 29.2 Å². The average Bonchev–Trinajstić information content (AvgIpc) is 2.15. The third kappa shape index (κ3) is 3.27. The van der Waals surface area contributed by atoms with Crippen LogP contribution in [0.25, 0.3) is 0 Å². The molecule has 78 valence electrons. The Bertz CT molecular complexity index is 289. The minimum atomic E-state index is -2.28. The van der Waals surface area contributed by atoms with Crippen LogP contribution >= 0.6 is 11.8 Å². The van der Waals surface area contributed by atoms with E-state index in [0.717, 1.165) is 22.2 Å². The summed E-state index contributed by atoms with van der Waals surface area (Å²) in [5.41, 5.74) is 6.65. The zero-order chi connectivity index (χ0) is 10.6. The average molecular weight is 217 g/mol. The van der Waals surface area contributed by atoms with Crippen molar-refractivity contribution in [3.63, 3.8) is 0 Å². The van der Waals surface area contributed by atoms with Crippen molar-refractivity contribution in [2.75, 3.05) is 5.75 Å². The molecule has 0 fully saturated rings. The quantitative estimate of drug-likeness (QED) is 0.784. The standard InChI is InChI=1S/C10H13F2NS/c1-7(13)8-4-2-3-5-9(8)14-6-10(11)12/h2-5,7,10H,6,13H2,1H3. The summed E-state index contributed by atoms with van der Waals surface area (Å²) in [6.07, 6.45) is -2.28. The van der Waals surface area contributed by atoms with E-state index in [1.165, 1.54) is 0 Å². The van der Waals surface area contributed by atoms with Gasteiger partial charge in [-0.15, -0.1) is 11.8 Å². The van der Waals surface area contributed by atoms with E-state index in [9.17, 15) is 8.78 Å². The first-order valence-corrected chi connectivity index (χ1v) is 5.35. The Kier molecular flexibility index (Phi) is 4.35. The maximum absolute atomic E-state index is 12.0. The van der Waals surface area contributed by atoms with Crippen molar-refractivity contribution < 1.29 is 8.78 Å². The largest absolute Gasteiger partial charge is 0.324 e. The minimum absolute atomic E-state index is 0.114. The molecule has 0 aromatic heterocycles. The van der Waals surface area contributed by atoms with E-state index in [2.05, 4.69) is 0 Å². The number of halogens is 2. The molecule has 0 spiro atoms. The fourth-order valence-electron chi connectivity index (χ4n) is 1.14. The summed E-state index contributed by atoms with van der Waals surface area (Å²) < 4.78 is 24.0. The Balaban J connectivity index is 2.74. The minimum Gasteiger partial charge on any atom is -0.324 e. The van der Waals surface area contributed by atoms with Gasteiger partial charge >= 0.3 is 0 Å². The lowest BCUT2D eigenvalue weighted by molar-refractivity contribution is 0.177. The lowest BCUT2D eigenvalue weighted by Gasteiger charge is -2.11. The van der Waals surface area contributed by atoms with E-state index >= 15 is 0 Å². The third-order valence-electron chi connectivity index (χ3n) is 1.77. The summed E-state index contributed by atoms with van der Waals surface area (Å²) in [5, 5.41) is 0. The van der Waals surface area contributed by atoms with Gasteiger partial charge in [0.15, 0.2) is 0 Å². The molecule has 0 radical (unpaired) electrons. The van der Waals surface area contributed by atoms with E-state index < -0.39 is 6.43 Å². The van der Waals surface area contributed by atoms with Crippen LogP contribution in [0.1, 0.15) is 18.5 Å². The molecule has 0 amide bonds. The molecule has 1 aromatic carbocycles. The summed E-state index contributed by atoms with van der Waals surface area (Å²) in [6, 6.07) is 7.28. The fraction of sp³-hybridized carbons (Fsp3) is 0.400. The highest BCUT2D eigenvalue weighted by Crippen LogP contribution is 2.27. The molecule has 4 heteroatoms. The van der Waals surface area contributed by atoms with Crippen molar-refractivity contribution in [3.05, 3.63) is 29.8 Å². The second-order valence-electron chi connectivity index (χ2n) is 3.03. The van der Waals surface area contributed by atoms with Crippen LogP contribution in [-0.2, 0) is 0 Å². The Labute approximate surface area is 86.7 Å². The second kappa shape index (κ2) is 5.32. The zero-order valence-corrected chi connectivity index (χ0v) is 8.73. The molecule has 1 atom stereocenters. The summed E-state index contributed by atoms with van der Waals surface area (Å²) in [6.45, 7) is 1.85. The number of hydrogen-bond acceptors (Lipinski definition) is 2. The molecule has 0 bridgehead atoms. The first-order chi connectivity index (χ1) is 6.61. The number of benzene rings is 1. The van der Waals surface area contributed by atoms with Gasteiger partial charge in [0.05, 0.1) is 5.75 Å². The third-order valence-corrected chi connectivity index (χ3v) is 2.88. The van der Waals surface area contributed by atoms with E-state index in [-0.39, 0.29) is 11.8 Å². The molecule has 1 unspecified atom stereocenters. The van der Waals surface area contributed by atoms with Crippen LogP contribution in [0.5, 0.6) is 0 Å². The summed E-state index contributed by atoms with van der Waals surface area (Å²) in [7, 11) is 0. The van der Waals surface area contributed by atoms with Crippen molar-refractivity contribution in [1.29, 1.82) is 0 Å². The first-order valence-electron chi connectivity index (χ1n) is 4.36. The van der Waals surface area contributed by atoms with Crippen molar-refractivity contribution in [1.82, 2.24) is 0 Å². The van der Waals surface area contributed by atoms with E-state index in [0.29, 0.717) is 0 Å². The van der Waals surface area contributed by atoms with Crippen molar-refractivity contribution in [2.45, 2.75) is 24.3 Å². The summed E-state index contributed by atoms with van der Waals surface area (Å²) in [4.78, 5) is 0.850. The summed E-state index contributed by atoms with van der Waals surface area (Å²) >= 11 is 1.15. The molecular formula is C10H13F2NS. The second-order valence-corrected chi connectivity index (χ2v) is 4.09. The van der Waals surface area contributed by atoms with Gasteiger partial charge in [0.25, 0.3) is 0 Å². The lowest BCUT2D eigenvalue weighted by Crippen LogP contribution is -2.06. The first kappa shape index (κ1) is 11.5. The van der Waals surface area contributed by atoms with Crippen LogP contribution in [0.3, 0.4) is 0 Å². The molecular weight excluding hydrogens is 204 g/mol. The maximum atomic E-state index is 12.0. The molecule has 0 aliphatic rings. The van der Waals surface area contributed by atoms with Gasteiger partial charge in [0.1, 0.15) is 0 Å². The maximum Gasteiger partial charge on any atom is 0.247 e. The predicted octanol–water partition coefficient (Wildman–Crippen LogP) is 3.06.